The molecule has 3 aliphatic rings. The highest BCUT2D eigenvalue weighted by Crippen LogP contribution is 2.59. The molecule has 3 rings (SSSR count). The van der Waals surface area contributed by atoms with E-state index < -0.39 is 5.25 Å². The van der Waals surface area contributed by atoms with Crippen LogP contribution < -0.4 is 0 Å². The van der Waals surface area contributed by atoms with Crippen LogP contribution in [0.1, 0.15) is 85.0 Å². The number of alkyl halides is 2. The molecule has 1 nitrogen and oxygen atoms in total. The number of thioether (sulfide) groups is 1. The number of aliphatic hydroxyl groups is 1. The predicted molar refractivity (Wildman–Crippen MR) is 134 cm³/mol. The number of fused-ring (bicyclic) bond motifs is 1. The zero-order chi connectivity index (χ0) is 23.4. The molecule has 0 saturated heterocycles. The topological polar surface area (TPSA) is 20.2 Å². The lowest BCUT2D eigenvalue weighted by Crippen LogP contribution is -2.35. The van der Waals surface area contributed by atoms with E-state index in [0.717, 1.165) is 62.3 Å². The van der Waals surface area contributed by atoms with Crippen molar-refractivity contribution in [2.45, 2.75) is 96.3 Å². The van der Waals surface area contributed by atoms with Crippen molar-refractivity contribution in [2.75, 3.05) is 5.75 Å². The minimum atomic E-state index is -2.76. The zero-order valence-corrected chi connectivity index (χ0v) is 21.0. The van der Waals surface area contributed by atoms with Gasteiger partial charge in [-0.25, -0.2) is 0 Å². The van der Waals surface area contributed by atoms with E-state index in [1.54, 1.807) is 6.08 Å². The van der Waals surface area contributed by atoms with E-state index in [9.17, 15) is 13.9 Å². The van der Waals surface area contributed by atoms with E-state index in [4.69, 9.17) is 0 Å². The van der Waals surface area contributed by atoms with Gasteiger partial charge in [0.1, 0.15) is 0 Å². The van der Waals surface area contributed by atoms with Gasteiger partial charge in [0.25, 0.3) is 0 Å². The fraction of sp³-hybridized carbons (Fsp3) is 0.714. The van der Waals surface area contributed by atoms with E-state index in [-0.39, 0.29) is 17.4 Å². The fourth-order valence-corrected chi connectivity index (χ4v) is 7.22. The molecule has 3 saturated carbocycles. The molecule has 3 aliphatic carbocycles. The molecule has 0 radical (unpaired) electrons. The van der Waals surface area contributed by atoms with Crippen LogP contribution in [-0.2, 0) is 0 Å². The maximum atomic E-state index is 14.3. The lowest BCUT2D eigenvalue weighted by atomic mass is 9.61. The molecule has 1 N–H and O–H groups in total. The van der Waals surface area contributed by atoms with E-state index in [2.05, 4.69) is 32.6 Å². The Labute approximate surface area is 198 Å². The Hall–Kier alpha value is -0.870. The van der Waals surface area contributed by atoms with Gasteiger partial charge in [0.2, 0.25) is 0 Å². The highest BCUT2D eigenvalue weighted by molar-refractivity contribution is 8.00. The molecule has 0 aromatic carbocycles. The average molecular weight is 465 g/mol. The smallest absolute Gasteiger partial charge is 0.312 e. The van der Waals surface area contributed by atoms with E-state index in [1.807, 2.05) is 6.92 Å². The summed E-state index contributed by atoms with van der Waals surface area (Å²) in [6.45, 7) is 10.8. The molecule has 0 spiro atoms. The molecule has 32 heavy (non-hydrogen) atoms. The number of hydrogen-bond donors (Lipinski definition) is 1. The van der Waals surface area contributed by atoms with Crippen LogP contribution in [-0.4, -0.2) is 22.2 Å². The van der Waals surface area contributed by atoms with Crippen molar-refractivity contribution in [3.8, 4) is 0 Å². The summed E-state index contributed by atoms with van der Waals surface area (Å²) in [5.74, 6) is 1.66. The monoisotopic (exact) mass is 464 g/mol. The summed E-state index contributed by atoms with van der Waals surface area (Å²) in [5.41, 5.74) is 4.04. The summed E-state index contributed by atoms with van der Waals surface area (Å²) in [4.78, 5) is 0. The lowest BCUT2D eigenvalue weighted by molar-refractivity contribution is 0.110. The van der Waals surface area contributed by atoms with Crippen molar-refractivity contribution in [1.82, 2.24) is 0 Å². The van der Waals surface area contributed by atoms with Crippen LogP contribution >= 0.6 is 11.8 Å². The molecule has 3 fully saturated rings. The number of hydrogen-bond acceptors (Lipinski definition) is 2. The van der Waals surface area contributed by atoms with E-state index in [0.29, 0.717) is 24.0 Å². The number of aliphatic hydroxyl groups excluding tert-OH is 1. The summed E-state index contributed by atoms with van der Waals surface area (Å²) in [5, 5.41) is 7.26. The SMILES string of the molecule is C=C1CCC(O)C/C1=C/C=C1\CCCC2(C)C1CCC2C(C)/C=C/C(F)(F)SCCCC. The molecule has 4 heteroatoms. The van der Waals surface area contributed by atoms with Crippen LogP contribution in [0.15, 0.2) is 47.6 Å². The van der Waals surface area contributed by atoms with Crippen molar-refractivity contribution in [3.05, 3.63) is 47.6 Å². The zero-order valence-electron chi connectivity index (χ0n) is 20.2. The number of allylic oxidation sites excluding steroid dienone is 5. The van der Waals surface area contributed by atoms with Gasteiger partial charge >= 0.3 is 5.25 Å². The lowest BCUT2D eigenvalue weighted by Gasteiger charge is -2.44. The van der Waals surface area contributed by atoms with Crippen molar-refractivity contribution in [1.29, 1.82) is 0 Å². The molecular weight excluding hydrogens is 422 g/mol. The Morgan fingerprint density at radius 3 is 2.78 bits per heavy atom. The quantitative estimate of drug-likeness (QED) is 0.287. The van der Waals surface area contributed by atoms with Gasteiger partial charge in [0, 0.05) is 0 Å². The van der Waals surface area contributed by atoms with Crippen molar-refractivity contribution < 1.29 is 13.9 Å². The first kappa shape index (κ1) is 25.7. The standard InChI is InChI=1S/C28H42F2OS/c1-5-6-18-32-28(29,30)17-15-21(3)25-13-14-26-22(8-7-16-27(25,26)4)10-11-23-19-24(31)12-9-20(23)2/h10-11,15,17,21,24-26,31H,2,5-9,12-14,16,18-19H2,1,3-4H3/b17-15+,22-10+,23-11-. The van der Waals surface area contributed by atoms with Gasteiger partial charge < -0.3 is 5.11 Å². The van der Waals surface area contributed by atoms with Gasteiger partial charge in [-0.05, 0) is 98.4 Å². The maximum Gasteiger partial charge on any atom is 0.312 e. The van der Waals surface area contributed by atoms with Gasteiger partial charge in [-0.2, -0.15) is 8.78 Å². The van der Waals surface area contributed by atoms with E-state index >= 15 is 0 Å². The molecule has 0 aliphatic heterocycles. The molecule has 5 unspecified atom stereocenters. The van der Waals surface area contributed by atoms with Gasteiger partial charge in [-0.3, -0.25) is 0 Å². The molecule has 5 atom stereocenters. The van der Waals surface area contributed by atoms with E-state index in [1.165, 1.54) is 30.1 Å². The van der Waals surface area contributed by atoms with Crippen LogP contribution in [0.4, 0.5) is 8.78 Å². The van der Waals surface area contributed by atoms with Gasteiger partial charge in [0.15, 0.2) is 0 Å². The summed E-state index contributed by atoms with van der Waals surface area (Å²) in [6, 6.07) is 0. The third-order valence-corrected chi connectivity index (χ3v) is 9.26. The number of unbranched alkanes of at least 4 members (excludes halogenated alkanes) is 1. The Balaban J connectivity index is 1.70. The minimum Gasteiger partial charge on any atom is -0.393 e. The average Bonchev–Trinajstić information content (AvgIpc) is 3.10. The van der Waals surface area contributed by atoms with Crippen LogP contribution in [0.25, 0.3) is 0 Å². The highest BCUT2D eigenvalue weighted by Gasteiger charge is 2.50. The van der Waals surface area contributed by atoms with Crippen LogP contribution in [0.5, 0.6) is 0 Å². The first-order valence-corrected chi connectivity index (χ1v) is 13.6. The molecule has 0 heterocycles. The van der Waals surface area contributed by atoms with Crippen molar-refractivity contribution >= 4 is 11.8 Å². The Bertz CT molecular complexity index is 753. The minimum absolute atomic E-state index is 0.161. The molecule has 180 valence electrons. The van der Waals surface area contributed by atoms with Gasteiger partial charge in [0.05, 0.1) is 6.10 Å². The largest absolute Gasteiger partial charge is 0.393 e. The Morgan fingerprint density at radius 1 is 1.25 bits per heavy atom. The molecular formula is C28H42F2OS. The Morgan fingerprint density at radius 2 is 2.03 bits per heavy atom. The van der Waals surface area contributed by atoms with Crippen molar-refractivity contribution in [2.24, 2.45) is 23.2 Å². The maximum absolute atomic E-state index is 14.3. The summed E-state index contributed by atoms with van der Waals surface area (Å²) in [6.07, 6.45) is 17.2. The van der Waals surface area contributed by atoms with Gasteiger partial charge in [-0.15, -0.1) is 0 Å². The third-order valence-electron chi connectivity index (χ3n) is 8.25. The molecule has 0 bridgehead atoms. The second kappa shape index (κ2) is 11.0. The first-order valence-electron chi connectivity index (χ1n) is 12.6. The summed E-state index contributed by atoms with van der Waals surface area (Å²) < 4.78 is 28.5. The summed E-state index contributed by atoms with van der Waals surface area (Å²) >= 11 is 0.770. The van der Waals surface area contributed by atoms with Crippen LogP contribution in [0.3, 0.4) is 0 Å². The molecule has 0 aromatic heterocycles. The third kappa shape index (κ3) is 6.17. The Kier molecular flexibility index (Phi) is 8.88. The number of halogens is 2. The molecule has 0 amide bonds. The second-order valence-electron chi connectivity index (χ2n) is 10.5. The summed E-state index contributed by atoms with van der Waals surface area (Å²) in [7, 11) is 0. The first-order chi connectivity index (χ1) is 15.2. The molecule has 0 aromatic rings. The highest BCUT2D eigenvalue weighted by atomic mass is 32.2. The predicted octanol–water partition coefficient (Wildman–Crippen LogP) is 8.48. The van der Waals surface area contributed by atoms with Crippen LogP contribution in [0, 0.1) is 23.2 Å². The van der Waals surface area contributed by atoms with Crippen LogP contribution in [0.2, 0.25) is 0 Å². The van der Waals surface area contributed by atoms with Gasteiger partial charge in [-0.1, -0.05) is 74.9 Å². The fourth-order valence-electron chi connectivity index (χ4n) is 6.34. The normalized spacial score (nSPS) is 35.1. The van der Waals surface area contributed by atoms with Crippen molar-refractivity contribution in [3.63, 3.8) is 0 Å². The second-order valence-corrected chi connectivity index (χ2v) is 11.8. The number of rotatable bonds is 8.